The molecule has 0 radical (unpaired) electrons. The molecule has 1 N–H and O–H groups in total. The number of rotatable bonds is 4. The summed E-state index contributed by atoms with van der Waals surface area (Å²) < 4.78 is 6.84. The lowest BCUT2D eigenvalue weighted by Gasteiger charge is -2.06. The molecular formula is C14H17N3O2. The van der Waals surface area contributed by atoms with E-state index in [9.17, 15) is 4.79 Å². The summed E-state index contributed by atoms with van der Waals surface area (Å²) >= 11 is 0. The zero-order valence-electron chi connectivity index (χ0n) is 11.3. The first-order valence-electron chi connectivity index (χ1n) is 6.01. The number of hydrogen-bond acceptors (Lipinski definition) is 3. The van der Waals surface area contributed by atoms with Crippen LogP contribution in [0.1, 0.15) is 21.6 Å². The van der Waals surface area contributed by atoms with Crippen molar-refractivity contribution in [1.29, 1.82) is 0 Å². The Bertz CT molecular complexity index is 573. The molecule has 2 rings (SSSR count). The summed E-state index contributed by atoms with van der Waals surface area (Å²) in [5, 5.41) is 7.01. The molecule has 0 saturated carbocycles. The highest BCUT2D eigenvalue weighted by Gasteiger charge is 2.08. The van der Waals surface area contributed by atoms with Crippen LogP contribution in [0.25, 0.3) is 0 Å². The summed E-state index contributed by atoms with van der Waals surface area (Å²) in [6.45, 7) is 2.45. The maximum atomic E-state index is 12.0. The van der Waals surface area contributed by atoms with Gasteiger partial charge in [-0.3, -0.25) is 9.48 Å². The minimum Gasteiger partial charge on any atom is -0.497 e. The Morgan fingerprint density at radius 2 is 2.05 bits per heavy atom. The number of methoxy groups -OCH3 is 1. The number of carbonyl (C=O) groups is 1. The number of ether oxygens (including phenoxy) is 1. The molecule has 0 atom stereocenters. The summed E-state index contributed by atoms with van der Waals surface area (Å²) in [6.07, 6.45) is 1.77. The minimum absolute atomic E-state index is 0.106. The molecule has 19 heavy (non-hydrogen) atoms. The van der Waals surface area contributed by atoms with Crippen LogP contribution in [0.15, 0.2) is 30.5 Å². The second-order valence-corrected chi connectivity index (χ2v) is 4.29. The van der Waals surface area contributed by atoms with Crippen LogP contribution in [0.3, 0.4) is 0 Å². The average Bonchev–Trinajstić information content (AvgIpc) is 2.76. The van der Waals surface area contributed by atoms with Crippen molar-refractivity contribution in [2.24, 2.45) is 7.05 Å². The van der Waals surface area contributed by atoms with Crippen molar-refractivity contribution in [3.8, 4) is 5.75 Å². The van der Waals surface area contributed by atoms with Crippen LogP contribution in [0.4, 0.5) is 0 Å². The van der Waals surface area contributed by atoms with Crippen molar-refractivity contribution in [2.45, 2.75) is 13.5 Å². The minimum atomic E-state index is -0.106. The lowest BCUT2D eigenvalue weighted by molar-refractivity contribution is 0.0951. The molecular weight excluding hydrogens is 242 g/mol. The predicted octanol–water partition coefficient (Wildman–Crippen LogP) is 1.67. The van der Waals surface area contributed by atoms with Crippen molar-refractivity contribution in [3.05, 3.63) is 47.3 Å². The van der Waals surface area contributed by atoms with Gasteiger partial charge < -0.3 is 10.1 Å². The van der Waals surface area contributed by atoms with Crippen molar-refractivity contribution >= 4 is 5.91 Å². The molecule has 1 amide bonds. The van der Waals surface area contributed by atoms with Crippen LogP contribution < -0.4 is 10.1 Å². The topological polar surface area (TPSA) is 56.1 Å². The maximum absolute atomic E-state index is 12.0. The van der Waals surface area contributed by atoms with E-state index in [0.717, 1.165) is 17.0 Å². The average molecular weight is 259 g/mol. The van der Waals surface area contributed by atoms with Crippen LogP contribution >= 0.6 is 0 Å². The molecule has 0 fully saturated rings. The fourth-order valence-electron chi connectivity index (χ4n) is 1.74. The zero-order chi connectivity index (χ0) is 13.8. The lowest BCUT2D eigenvalue weighted by Crippen LogP contribution is -2.22. The molecule has 0 aliphatic rings. The van der Waals surface area contributed by atoms with E-state index < -0.39 is 0 Å². The Morgan fingerprint density at radius 3 is 2.58 bits per heavy atom. The van der Waals surface area contributed by atoms with Gasteiger partial charge in [-0.25, -0.2) is 0 Å². The Kier molecular flexibility index (Phi) is 3.85. The Morgan fingerprint density at radius 1 is 1.37 bits per heavy atom. The highest BCUT2D eigenvalue weighted by molar-refractivity contribution is 5.94. The number of nitrogens with one attached hydrogen (secondary N) is 1. The molecule has 5 nitrogen and oxygen atoms in total. The maximum Gasteiger partial charge on any atom is 0.251 e. The smallest absolute Gasteiger partial charge is 0.251 e. The van der Waals surface area contributed by atoms with E-state index in [1.54, 1.807) is 42.3 Å². The van der Waals surface area contributed by atoms with Crippen molar-refractivity contribution in [3.63, 3.8) is 0 Å². The third kappa shape index (κ3) is 2.93. The van der Waals surface area contributed by atoms with Crippen LogP contribution in [0.2, 0.25) is 0 Å². The van der Waals surface area contributed by atoms with E-state index in [2.05, 4.69) is 10.4 Å². The largest absolute Gasteiger partial charge is 0.497 e. The number of hydrogen-bond donors (Lipinski definition) is 1. The molecule has 0 spiro atoms. The van der Waals surface area contributed by atoms with Crippen LogP contribution in [-0.4, -0.2) is 22.8 Å². The van der Waals surface area contributed by atoms with E-state index in [1.807, 2.05) is 14.0 Å². The van der Waals surface area contributed by atoms with Gasteiger partial charge in [-0.15, -0.1) is 0 Å². The summed E-state index contributed by atoms with van der Waals surface area (Å²) in [4.78, 5) is 12.0. The molecule has 100 valence electrons. The molecule has 0 aliphatic carbocycles. The first-order valence-corrected chi connectivity index (χ1v) is 6.01. The lowest BCUT2D eigenvalue weighted by atomic mass is 10.2. The van der Waals surface area contributed by atoms with Gasteiger partial charge in [0.1, 0.15) is 5.75 Å². The third-order valence-electron chi connectivity index (χ3n) is 3.13. The van der Waals surface area contributed by atoms with E-state index in [-0.39, 0.29) is 5.91 Å². The number of aromatic nitrogens is 2. The molecule has 0 unspecified atom stereocenters. The van der Waals surface area contributed by atoms with Crippen LogP contribution in [0, 0.1) is 6.92 Å². The highest BCUT2D eigenvalue weighted by Crippen LogP contribution is 2.11. The van der Waals surface area contributed by atoms with Gasteiger partial charge in [0.05, 0.1) is 13.3 Å². The van der Waals surface area contributed by atoms with Gasteiger partial charge in [0.25, 0.3) is 5.91 Å². The zero-order valence-corrected chi connectivity index (χ0v) is 11.3. The molecule has 0 saturated heterocycles. The number of carbonyl (C=O) groups excluding carboxylic acids is 1. The first-order chi connectivity index (χ1) is 9.11. The van der Waals surface area contributed by atoms with E-state index >= 15 is 0 Å². The van der Waals surface area contributed by atoms with Crippen molar-refractivity contribution in [1.82, 2.24) is 15.1 Å². The standard InChI is InChI=1S/C14H17N3O2/c1-10-12(9-16-17(10)2)8-15-14(18)11-4-6-13(19-3)7-5-11/h4-7,9H,8H2,1-3H3,(H,15,18). The molecule has 0 aliphatic heterocycles. The molecule has 2 aromatic rings. The third-order valence-corrected chi connectivity index (χ3v) is 3.13. The quantitative estimate of drug-likeness (QED) is 0.908. The van der Waals surface area contributed by atoms with E-state index in [0.29, 0.717) is 12.1 Å². The number of benzene rings is 1. The van der Waals surface area contributed by atoms with Gasteiger partial charge in [-0.1, -0.05) is 0 Å². The Balaban J connectivity index is 1.99. The van der Waals surface area contributed by atoms with Gasteiger partial charge in [-0.2, -0.15) is 5.10 Å². The molecule has 5 heteroatoms. The van der Waals surface area contributed by atoms with E-state index in [1.165, 1.54) is 0 Å². The Labute approximate surface area is 112 Å². The van der Waals surface area contributed by atoms with Crippen LogP contribution in [-0.2, 0) is 13.6 Å². The SMILES string of the molecule is COc1ccc(C(=O)NCc2cnn(C)c2C)cc1. The number of amides is 1. The normalized spacial score (nSPS) is 10.3. The Hall–Kier alpha value is -2.30. The van der Waals surface area contributed by atoms with Gasteiger partial charge in [0.15, 0.2) is 0 Å². The van der Waals surface area contributed by atoms with Crippen molar-refractivity contribution in [2.75, 3.05) is 7.11 Å². The molecule has 0 bridgehead atoms. The van der Waals surface area contributed by atoms with Gasteiger partial charge >= 0.3 is 0 Å². The van der Waals surface area contributed by atoms with Crippen LogP contribution in [0.5, 0.6) is 5.75 Å². The summed E-state index contributed by atoms with van der Waals surface area (Å²) in [5.41, 5.74) is 2.68. The fraction of sp³-hybridized carbons (Fsp3) is 0.286. The van der Waals surface area contributed by atoms with Gasteiger partial charge in [0.2, 0.25) is 0 Å². The molecule has 1 aromatic heterocycles. The van der Waals surface area contributed by atoms with Gasteiger partial charge in [-0.05, 0) is 31.2 Å². The molecule has 1 heterocycles. The van der Waals surface area contributed by atoms with E-state index in [4.69, 9.17) is 4.74 Å². The first kappa shape index (κ1) is 13.1. The summed E-state index contributed by atoms with van der Waals surface area (Å²) in [7, 11) is 3.48. The number of aryl methyl sites for hydroxylation is 1. The second-order valence-electron chi connectivity index (χ2n) is 4.29. The monoisotopic (exact) mass is 259 g/mol. The second kappa shape index (κ2) is 5.56. The highest BCUT2D eigenvalue weighted by atomic mass is 16.5. The molecule has 1 aromatic carbocycles. The predicted molar refractivity (Wildman–Crippen MR) is 72.1 cm³/mol. The fourth-order valence-corrected chi connectivity index (χ4v) is 1.74. The summed E-state index contributed by atoms with van der Waals surface area (Å²) in [6, 6.07) is 7.02. The van der Waals surface area contributed by atoms with Gasteiger partial charge in [0, 0.05) is 30.4 Å². The summed E-state index contributed by atoms with van der Waals surface area (Å²) in [5.74, 6) is 0.630. The van der Waals surface area contributed by atoms with Crippen molar-refractivity contribution < 1.29 is 9.53 Å². The number of nitrogens with zero attached hydrogens (tertiary/aromatic N) is 2.